The smallest absolute Gasteiger partial charge is 0.255 e. The van der Waals surface area contributed by atoms with Crippen molar-refractivity contribution >= 4 is 10.0 Å². The number of pyridine rings is 1. The van der Waals surface area contributed by atoms with Crippen LogP contribution >= 0.6 is 0 Å². The van der Waals surface area contributed by atoms with Gasteiger partial charge < -0.3 is 4.52 Å². The minimum absolute atomic E-state index is 0.0386. The van der Waals surface area contributed by atoms with Gasteiger partial charge >= 0.3 is 0 Å². The summed E-state index contributed by atoms with van der Waals surface area (Å²) in [6, 6.07) is 6.13. The Bertz CT molecular complexity index is 1160. The van der Waals surface area contributed by atoms with Crippen molar-refractivity contribution in [1.29, 1.82) is 0 Å². The van der Waals surface area contributed by atoms with E-state index in [0.717, 1.165) is 17.7 Å². The molecule has 2 aromatic heterocycles. The first-order valence-electron chi connectivity index (χ1n) is 8.37. The average molecular weight is 406 g/mol. The second-order valence-electron chi connectivity index (χ2n) is 7.33. The number of hydrogen-bond acceptors (Lipinski definition) is 6. The number of nitrogens with two attached hydrogens (primary N) is 1. The molecule has 2 N–H and O–H groups in total. The first-order valence-corrected chi connectivity index (χ1v) is 9.91. The van der Waals surface area contributed by atoms with Crippen LogP contribution in [0.25, 0.3) is 11.4 Å². The lowest BCUT2D eigenvalue weighted by molar-refractivity contribution is 0.368. The molecule has 4 rings (SSSR count). The predicted molar refractivity (Wildman–Crippen MR) is 94.5 cm³/mol. The maximum Gasteiger partial charge on any atom is 0.255 e. The van der Waals surface area contributed by atoms with Gasteiger partial charge in [0, 0.05) is 18.2 Å². The van der Waals surface area contributed by atoms with E-state index in [-0.39, 0.29) is 33.7 Å². The highest BCUT2D eigenvalue weighted by Gasteiger charge is 2.62. The number of aromatic nitrogens is 3. The van der Waals surface area contributed by atoms with Crippen LogP contribution in [0.2, 0.25) is 0 Å². The maximum absolute atomic E-state index is 14.0. The van der Waals surface area contributed by atoms with Crippen LogP contribution in [0, 0.1) is 17.0 Å². The van der Waals surface area contributed by atoms with E-state index in [1.807, 2.05) is 13.8 Å². The van der Waals surface area contributed by atoms with Gasteiger partial charge in [-0.3, -0.25) is 0 Å². The van der Waals surface area contributed by atoms with Crippen molar-refractivity contribution in [2.45, 2.75) is 30.7 Å². The Morgan fingerprint density at radius 2 is 1.89 bits per heavy atom. The van der Waals surface area contributed by atoms with E-state index in [4.69, 9.17) is 9.66 Å². The average Bonchev–Trinajstić information content (AvgIpc) is 2.95. The third-order valence-corrected chi connectivity index (χ3v) is 5.94. The normalized spacial score (nSPS) is 20.9. The number of nitrogens with zero attached hydrogens (tertiary/aromatic N) is 3. The fourth-order valence-corrected chi connectivity index (χ4v) is 4.06. The molecule has 0 radical (unpaired) electrons. The van der Waals surface area contributed by atoms with Crippen molar-refractivity contribution < 1.29 is 21.7 Å². The molecular weight excluding hydrogens is 390 g/mol. The number of sulfonamides is 1. The van der Waals surface area contributed by atoms with Crippen LogP contribution in [0.1, 0.15) is 37.1 Å². The van der Waals surface area contributed by atoms with Crippen molar-refractivity contribution in [2.24, 2.45) is 10.6 Å². The molecule has 3 aromatic rings. The summed E-state index contributed by atoms with van der Waals surface area (Å²) >= 11 is 0. The second-order valence-corrected chi connectivity index (χ2v) is 8.84. The lowest BCUT2D eigenvalue weighted by Gasteiger charge is -2.03. The van der Waals surface area contributed by atoms with Crippen LogP contribution in [-0.2, 0) is 10.0 Å². The first-order chi connectivity index (χ1) is 13.1. The van der Waals surface area contributed by atoms with E-state index in [0.29, 0.717) is 5.89 Å². The van der Waals surface area contributed by atoms with E-state index < -0.39 is 21.7 Å². The van der Waals surface area contributed by atoms with Crippen molar-refractivity contribution in [1.82, 2.24) is 15.1 Å². The van der Waals surface area contributed by atoms with Gasteiger partial charge in [0.25, 0.3) is 10.0 Å². The maximum atomic E-state index is 14.0. The van der Waals surface area contributed by atoms with Gasteiger partial charge in [-0.1, -0.05) is 25.1 Å². The van der Waals surface area contributed by atoms with Crippen molar-refractivity contribution in [2.75, 3.05) is 0 Å². The number of hydrogen-bond donors (Lipinski definition) is 1. The molecule has 146 valence electrons. The fraction of sp³-hybridized carbons (Fsp3) is 0.278. The molecule has 0 aliphatic heterocycles. The zero-order valence-electron chi connectivity index (χ0n) is 14.9. The third-order valence-electron chi connectivity index (χ3n) is 5.12. The molecule has 0 spiro atoms. The second kappa shape index (κ2) is 6.14. The van der Waals surface area contributed by atoms with Crippen molar-refractivity contribution in [3.8, 4) is 11.4 Å². The molecule has 0 unspecified atom stereocenters. The molecule has 1 fully saturated rings. The highest BCUT2D eigenvalue weighted by molar-refractivity contribution is 7.89. The van der Waals surface area contributed by atoms with Crippen LogP contribution in [0.15, 0.2) is 46.1 Å². The summed E-state index contributed by atoms with van der Waals surface area (Å²) in [6.45, 7) is 4.00. The van der Waals surface area contributed by atoms with Gasteiger partial charge in [-0.25, -0.2) is 27.3 Å². The summed E-state index contributed by atoms with van der Waals surface area (Å²) < 4.78 is 55.1. The Morgan fingerprint density at radius 3 is 2.50 bits per heavy atom. The lowest BCUT2D eigenvalue weighted by Crippen LogP contribution is -2.13. The quantitative estimate of drug-likeness (QED) is 0.713. The number of benzene rings is 1. The molecule has 1 saturated carbocycles. The summed E-state index contributed by atoms with van der Waals surface area (Å²) in [5.74, 6) is -1.30. The predicted octanol–water partition coefficient (Wildman–Crippen LogP) is 2.96. The van der Waals surface area contributed by atoms with Crippen LogP contribution in [0.4, 0.5) is 8.78 Å². The molecule has 1 aromatic carbocycles. The molecule has 2 heterocycles. The number of halogens is 2. The lowest BCUT2D eigenvalue weighted by atomic mass is 10.1. The van der Waals surface area contributed by atoms with Gasteiger partial charge in [-0.2, -0.15) is 4.98 Å². The Balaban J connectivity index is 1.63. The Kier molecular flexibility index (Phi) is 4.09. The summed E-state index contributed by atoms with van der Waals surface area (Å²) in [5.41, 5.74) is 0.594. The highest BCUT2D eigenvalue weighted by Crippen LogP contribution is 2.69. The van der Waals surface area contributed by atoms with Gasteiger partial charge in [-0.15, -0.1) is 0 Å². The first kappa shape index (κ1) is 18.6. The fourth-order valence-electron chi connectivity index (χ4n) is 3.61. The summed E-state index contributed by atoms with van der Waals surface area (Å²) in [5, 5.41) is 8.68. The van der Waals surface area contributed by atoms with Crippen LogP contribution in [-0.4, -0.2) is 23.5 Å². The molecule has 1 aliphatic rings. The van der Waals surface area contributed by atoms with Gasteiger partial charge in [-0.05, 0) is 29.2 Å². The minimum Gasteiger partial charge on any atom is -0.339 e. The molecule has 2 atom stereocenters. The molecule has 0 bridgehead atoms. The standard InChI is InChI=1S/C18H16F2N4O3S/c1-18(2)14(9-3-6-13(22-8-9)28(21,25)26)15(18)17-23-16(24-27-17)11-5-4-10(19)7-12(11)20/h3-8,14-15H,1-2H3,(H2,21,25,26)/t14-,15+/m1/s1. The molecule has 1 aliphatic carbocycles. The highest BCUT2D eigenvalue weighted by atomic mass is 32.2. The Morgan fingerprint density at radius 1 is 1.14 bits per heavy atom. The van der Waals surface area contributed by atoms with E-state index in [9.17, 15) is 17.2 Å². The van der Waals surface area contributed by atoms with E-state index in [1.165, 1.54) is 18.3 Å². The van der Waals surface area contributed by atoms with Gasteiger partial charge in [0.1, 0.15) is 11.6 Å². The third kappa shape index (κ3) is 3.08. The zero-order chi connectivity index (χ0) is 20.3. The number of rotatable bonds is 4. The summed E-state index contributed by atoms with van der Waals surface area (Å²) in [4.78, 5) is 8.20. The SMILES string of the molecule is CC1(C)[C@H](c2ccc(S(N)(=O)=O)nc2)[C@H]1c1nc(-c2ccc(F)cc2F)no1. The van der Waals surface area contributed by atoms with Crippen LogP contribution in [0.5, 0.6) is 0 Å². The molecule has 10 heteroatoms. The topological polar surface area (TPSA) is 112 Å². The molecule has 0 amide bonds. The monoisotopic (exact) mass is 406 g/mol. The molecule has 28 heavy (non-hydrogen) atoms. The summed E-state index contributed by atoms with van der Waals surface area (Å²) in [7, 11) is -3.87. The zero-order valence-corrected chi connectivity index (χ0v) is 15.7. The van der Waals surface area contributed by atoms with Gasteiger partial charge in [0.15, 0.2) is 5.03 Å². The van der Waals surface area contributed by atoms with Crippen molar-refractivity contribution in [3.63, 3.8) is 0 Å². The minimum atomic E-state index is -3.87. The molecule has 7 nitrogen and oxygen atoms in total. The summed E-state index contributed by atoms with van der Waals surface area (Å²) in [6.07, 6.45) is 1.46. The van der Waals surface area contributed by atoms with E-state index in [2.05, 4.69) is 15.1 Å². The Labute approximate surface area is 159 Å². The van der Waals surface area contributed by atoms with Gasteiger partial charge in [0.2, 0.25) is 11.7 Å². The largest absolute Gasteiger partial charge is 0.339 e. The van der Waals surface area contributed by atoms with Crippen molar-refractivity contribution in [3.05, 3.63) is 59.6 Å². The van der Waals surface area contributed by atoms with Crippen LogP contribution in [0.3, 0.4) is 0 Å². The Hall–Kier alpha value is -2.72. The van der Waals surface area contributed by atoms with E-state index >= 15 is 0 Å². The van der Waals surface area contributed by atoms with Gasteiger partial charge in [0.05, 0.1) is 11.5 Å². The van der Waals surface area contributed by atoms with Crippen LogP contribution < -0.4 is 5.14 Å². The number of primary sulfonamides is 1. The van der Waals surface area contributed by atoms with E-state index in [1.54, 1.807) is 6.07 Å². The molecular formula is C18H16F2N4O3S. The molecule has 0 saturated heterocycles.